The van der Waals surface area contributed by atoms with Crippen LogP contribution in [0.5, 0.6) is 0 Å². The number of benzene rings is 1. The van der Waals surface area contributed by atoms with Crippen LogP contribution in [0, 0.1) is 5.92 Å². The molecule has 0 heterocycles. The fourth-order valence-electron chi connectivity index (χ4n) is 1.18. The third kappa shape index (κ3) is 5.16. The molecule has 0 aliphatic heterocycles. The third-order valence-electron chi connectivity index (χ3n) is 2.12. The standard InChI is InChI=1S/C11H19N3O2S/c1-9(2)8-13-17(15,16)14-11-5-3-10(7-12)4-6-11/h3-6,9,13-14H,7-8,12H2,1-2H3. The zero-order chi connectivity index (χ0) is 12.9. The smallest absolute Gasteiger partial charge is 0.299 e. The van der Waals surface area contributed by atoms with E-state index in [4.69, 9.17) is 5.73 Å². The maximum absolute atomic E-state index is 11.6. The van der Waals surface area contributed by atoms with Gasteiger partial charge in [-0.05, 0) is 23.6 Å². The van der Waals surface area contributed by atoms with Crippen molar-refractivity contribution in [3.63, 3.8) is 0 Å². The minimum atomic E-state index is -3.48. The average molecular weight is 257 g/mol. The third-order valence-corrected chi connectivity index (χ3v) is 3.17. The van der Waals surface area contributed by atoms with Crippen molar-refractivity contribution < 1.29 is 8.42 Å². The van der Waals surface area contributed by atoms with Crippen LogP contribution in [0.2, 0.25) is 0 Å². The van der Waals surface area contributed by atoms with E-state index in [1.165, 1.54) is 0 Å². The number of anilines is 1. The fourth-order valence-corrected chi connectivity index (χ4v) is 2.25. The van der Waals surface area contributed by atoms with Crippen molar-refractivity contribution >= 4 is 15.9 Å². The van der Waals surface area contributed by atoms with E-state index in [-0.39, 0.29) is 5.92 Å². The van der Waals surface area contributed by atoms with Gasteiger partial charge in [0, 0.05) is 18.8 Å². The van der Waals surface area contributed by atoms with Gasteiger partial charge in [-0.2, -0.15) is 13.1 Å². The van der Waals surface area contributed by atoms with Gasteiger partial charge in [0.2, 0.25) is 0 Å². The molecule has 0 fully saturated rings. The quantitative estimate of drug-likeness (QED) is 0.712. The van der Waals surface area contributed by atoms with E-state index in [2.05, 4.69) is 9.44 Å². The Morgan fingerprint density at radius 1 is 1.24 bits per heavy atom. The molecule has 96 valence electrons. The highest BCUT2D eigenvalue weighted by atomic mass is 32.2. The highest BCUT2D eigenvalue weighted by molar-refractivity contribution is 7.90. The minimum Gasteiger partial charge on any atom is -0.326 e. The van der Waals surface area contributed by atoms with Gasteiger partial charge in [-0.3, -0.25) is 4.72 Å². The lowest BCUT2D eigenvalue weighted by atomic mass is 10.2. The zero-order valence-corrected chi connectivity index (χ0v) is 10.9. The van der Waals surface area contributed by atoms with Gasteiger partial charge in [0.05, 0.1) is 0 Å². The van der Waals surface area contributed by atoms with Gasteiger partial charge < -0.3 is 5.73 Å². The molecule has 0 saturated carbocycles. The average Bonchev–Trinajstić information content (AvgIpc) is 2.27. The fraction of sp³-hybridized carbons (Fsp3) is 0.455. The van der Waals surface area contributed by atoms with Crippen LogP contribution in [0.1, 0.15) is 19.4 Å². The molecule has 0 saturated heterocycles. The van der Waals surface area contributed by atoms with E-state index in [0.717, 1.165) is 5.56 Å². The first-order valence-electron chi connectivity index (χ1n) is 5.49. The molecule has 0 radical (unpaired) electrons. The Hall–Kier alpha value is -1.11. The van der Waals surface area contributed by atoms with E-state index in [1.54, 1.807) is 24.3 Å². The summed E-state index contributed by atoms with van der Waals surface area (Å²) in [6, 6.07) is 6.97. The summed E-state index contributed by atoms with van der Waals surface area (Å²) in [5.41, 5.74) is 6.94. The molecule has 1 aromatic carbocycles. The first-order valence-corrected chi connectivity index (χ1v) is 6.97. The summed E-state index contributed by atoms with van der Waals surface area (Å²) in [4.78, 5) is 0. The summed E-state index contributed by atoms with van der Waals surface area (Å²) in [6.45, 7) is 4.74. The lowest BCUT2D eigenvalue weighted by molar-refractivity contribution is 0.565. The van der Waals surface area contributed by atoms with Gasteiger partial charge in [0.25, 0.3) is 10.2 Å². The van der Waals surface area contributed by atoms with Crippen molar-refractivity contribution in [1.29, 1.82) is 0 Å². The SMILES string of the molecule is CC(C)CNS(=O)(=O)Nc1ccc(CN)cc1. The van der Waals surface area contributed by atoms with E-state index in [9.17, 15) is 8.42 Å². The summed E-state index contributed by atoms with van der Waals surface area (Å²) in [7, 11) is -3.48. The summed E-state index contributed by atoms with van der Waals surface area (Å²) in [5, 5.41) is 0. The largest absolute Gasteiger partial charge is 0.326 e. The molecule has 0 aliphatic rings. The van der Waals surface area contributed by atoms with E-state index >= 15 is 0 Å². The monoisotopic (exact) mass is 257 g/mol. The topological polar surface area (TPSA) is 84.2 Å². The number of hydrogen-bond acceptors (Lipinski definition) is 3. The molecule has 0 amide bonds. The first-order chi connectivity index (χ1) is 7.93. The number of nitrogens with one attached hydrogen (secondary N) is 2. The molecule has 0 aromatic heterocycles. The Labute approximate surface area is 103 Å². The maximum atomic E-state index is 11.6. The van der Waals surface area contributed by atoms with Crippen molar-refractivity contribution in [3.05, 3.63) is 29.8 Å². The van der Waals surface area contributed by atoms with Crippen molar-refractivity contribution in [2.24, 2.45) is 11.7 Å². The predicted molar refractivity (Wildman–Crippen MR) is 69.7 cm³/mol. The molecule has 0 aliphatic carbocycles. The van der Waals surface area contributed by atoms with Gasteiger partial charge in [-0.15, -0.1) is 0 Å². The molecule has 4 N–H and O–H groups in total. The molecule has 0 spiro atoms. The normalized spacial score (nSPS) is 11.8. The van der Waals surface area contributed by atoms with Crippen molar-refractivity contribution in [2.75, 3.05) is 11.3 Å². The van der Waals surface area contributed by atoms with Crippen LogP contribution in [-0.4, -0.2) is 15.0 Å². The molecular formula is C11H19N3O2S. The van der Waals surface area contributed by atoms with Crippen LogP contribution in [-0.2, 0) is 16.8 Å². The van der Waals surface area contributed by atoms with E-state index < -0.39 is 10.2 Å². The molecule has 6 heteroatoms. The Morgan fingerprint density at radius 3 is 2.29 bits per heavy atom. The van der Waals surface area contributed by atoms with Crippen LogP contribution in [0.25, 0.3) is 0 Å². The van der Waals surface area contributed by atoms with Crippen molar-refractivity contribution in [1.82, 2.24) is 4.72 Å². The zero-order valence-electron chi connectivity index (χ0n) is 10.1. The lowest BCUT2D eigenvalue weighted by Gasteiger charge is -2.11. The van der Waals surface area contributed by atoms with Gasteiger partial charge in [-0.1, -0.05) is 26.0 Å². The summed E-state index contributed by atoms with van der Waals surface area (Å²) in [5.74, 6) is 0.270. The van der Waals surface area contributed by atoms with E-state index in [1.807, 2.05) is 13.8 Å². The summed E-state index contributed by atoms with van der Waals surface area (Å²) in [6.07, 6.45) is 0. The van der Waals surface area contributed by atoms with Crippen LogP contribution in [0.15, 0.2) is 24.3 Å². The van der Waals surface area contributed by atoms with Gasteiger partial charge in [-0.25, -0.2) is 0 Å². The van der Waals surface area contributed by atoms with E-state index in [0.29, 0.717) is 18.8 Å². The summed E-state index contributed by atoms with van der Waals surface area (Å²) >= 11 is 0. The Morgan fingerprint density at radius 2 is 1.82 bits per heavy atom. The van der Waals surface area contributed by atoms with Crippen molar-refractivity contribution in [2.45, 2.75) is 20.4 Å². The van der Waals surface area contributed by atoms with Crippen LogP contribution in [0.3, 0.4) is 0 Å². The second-order valence-corrected chi connectivity index (χ2v) is 5.75. The first kappa shape index (κ1) is 14.0. The van der Waals surface area contributed by atoms with Gasteiger partial charge in [0.1, 0.15) is 0 Å². The molecule has 0 unspecified atom stereocenters. The van der Waals surface area contributed by atoms with Gasteiger partial charge >= 0.3 is 0 Å². The maximum Gasteiger partial charge on any atom is 0.299 e. The Bertz CT molecular complexity index is 440. The number of rotatable bonds is 6. The van der Waals surface area contributed by atoms with Crippen LogP contribution < -0.4 is 15.2 Å². The Kier molecular flexibility index (Phi) is 4.92. The second-order valence-electron chi connectivity index (χ2n) is 4.25. The highest BCUT2D eigenvalue weighted by Gasteiger charge is 2.09. The van der Waals surface area contributed by atoms with Crippen molar-refractivity contribution in [3.8, 4) is 0 Å². The number of hydrogen-bond donors (Lipinski definition) is 3. The lowest BCUT2D eigenvalue weighted by Crippen LogP contribution is -2.32. The molecule has 1 rings (SSSR count). The van der Waals surface area contributed by atoms with Crippen LogP contribution >= 0.6 is 0 Å². The van der Waals surface area contributed by atoms with Crippen LogP contribution in [0.4, 0.5) is 5.69 Å². The van der Waals surface area contributed by atoms with Gasteiger partial charge in [0.15, 0.2) is 0 Å². The molecular weight excluding hydrogens is 238 g/mol. The predicted octanol–water partition coefficient (Wildman–Crippen LogP) is 1.05. The minimum absolute atomic E-state index is 0.270. The Balaban J connectivity index is 2.63. The second kappa shape index (κ2) is 6.00. The molecule has 5 nitrogen and oxygen atoms in total. The molecule has 0 atom stereocenters. The molecule has 0 bridgehead atoms. The molecule has 1 aromatic rings. The number of nitrogens with two attached hydrogens (primary N) is 1. The summed E-state index contributed by atoms with van der Waals surface area (Å²) < 4.78 is 28.1. The highest BCUT2D eigenvalue weighted by Crippen LogP contribution is 2.10. The molecule has 17 heavy (non-hydrogen) atoms.